The number of hydrogen-bond acceptors (Lipinski definition) is 2. The molecule has 2 heteroatoms. The molecule has 2 aliphatic rings. The summed E-state index contributed by atoms with van der Waals surface area (Å²) in [4.78, 5) is 0. The van der Waals surface area contributed by atoms with Crippen molar-refractivity contribution < 1.29 is 5.11 Å². The van der Waals surface area contributed by atoms with E-state index in [1.807, 2.05) is 0 Å². The fourth-order valence-corrected chi connectivity index (χ4v) is 2.73. The topological polar surface area (TPSA) is 32.3 Å². The van der Waals surface area contributed by atoms with Crippen LogP contribution in [0.5, 0.6) is 0 Å². The molecule has 0 aromatic rings. The van der Waals surface area contributed by atoms with Crippen molar-refractivity contribution in [3.63, 3.8) is 0 Å². The van der Waals surface area contributed by atoms with Crippen LogP contribution in [0, 0.1) is 11.8 Å². The Bertz CT molecular complexity index is 143. The molecule has 2 fully saturated rings. The lowest BCUT2D eigenvalue weighted by Gasteiger charge is -2.28. The highest BCUT2D eigenvalue weighted by Gasteiger charge is 2.32. The van der Waals surface area contributed by atoms with Gasteiger partial charge in [-0.1, -0.05) is 32.1 Å². The Hall–Kier alpha value is -0.0800. The summed E-state index contributed by atoms with van der Waals surface area (Å²) in [6.45, 7) is 1.87. The molecule has 0 aromatic carbocycles. The highest BCUT2D eigenvalue weighted by Crippen LogP contribution is 2.32. The summed E-state index contributed by atoms with van der Waals surface area (Å²) in [6, 6.07) is 0. The smallest absolute Gasteiger partial charge is 0.0707 e. The predicted octanol–water partition coefficient (Wildman–Crippen LogP) is 1.15. The average molecular weight is 169 g/mol. The lowest BCUT2D eigenvalue weighted by Crippen LogP contribution is -2.27. The van der Waals surface area contributed by atoms with Crippen LogP contribution in [0.15, 0.2) is 0 Å². The lowest BCUT2D eigenvalue weighted by molar-refractivity contribution is 0.0972. The molecule has 70 valence electrons. The number of aliphatic hydroxyl groups is 1. The van der Waals surface area contributed by atoms with Crippen molar-refractivity contribution in [2.75, 3.05) is 13.1 Å². The molecule has 2 atom stereocenters. The van der Waals surface area contributed by atoms with Gasteiger partial charge in [-0.05, 0) is 5.92 Å². The molecule has 1 aliphatic carbocycles. The maximum absolute atomic E-state index is 9.68. The summed E-state index contributed by atoms with van der Waals surface area (Å²) in [7, 11) is 0. The SMILES string of the molecule is OC1CNCC1C1CCCCC1. The molecule has 0 spiro atoms. The Kier molecular flexibility index (Phi) is 2.66. The minimum atomic E-state index is -0.0619. The van der Waals surface area contributed by atoms with Crippen LogP contribution >= 0.6 is 0 Å². The number of hydrogen-bond donors (Lipinski definition) is 2. The van der Waals surface area contributed by atoms with E-state index in [0.29, 0.717) is 5.92 Å². The van der Waals surface area contributed by atoms with Crippen LogP contribution in [0.1, 0.15) is 32.1 Å². The quantitative estimate of drug-likeness (QED) is 0.617. The van der Waals surface area contributed by atoms with Crippen LogP contribution in [-0.2, 0) is 0 Å². The molecule has 0 bridgehead atoms. The van der Waals surface area contributed by atoms with Crippen LogP contribution in [0.4, 0.5) is 0 Å². The Morgan fingerprint density at radius 2 is 1.75 bits per heavy atom. The molecule has 1 saturated heterocycles. The second kappa shape index (κ2) is 3.75. The van der Waals surface area contributed by atoms with E-state index < -0.39 is 0 Å². The van der Waals surface area contributed by atoms with Gasteiger partial charge in [-0.3, -0.25) is 0 Å². The van der Waals surface area contributed by atoms with Gasteiger partial charge >= 0.3 is 0 Å². The van der Waals surface area contributed by atoms with Gasteiger partial charge in [-0.15, -0.1) is 0 Å². The predicted molar refractivity (Wildman–Crippen MR) is 48.9 cm³/mol. The molecule has 12 heavy (non-hydrogen) atoms. The van der Waals surface area contributed by atoms with Crippen LogP contribution < -0.4 is 5.32 Å². The van der Waals surface area contributed by atoms with E-state index >= 15 is 0 Å². The molecule has 2 rings (SSSR count). The fraction of sp³-hybridized carbons (Fsp3) is 1.00. The van der Waals surface area contributed by atoms with Gasteiger partial charge in [0.05, 0.1) is 6.10 Å². The normalized spacial score (nSPS) is 38.8. The lowest BCUT2D eigenvalue weighted by atomic mass is 9.79. The van der Waals surface area contributed by atoms with Crippen LogP contribution in [-0.4, -0.2) is 24.3 Å². The first kappa shape index (κ1) is 8.52. The van der Waals surface area contributed by atoms with Gasteiger partial charge in [0.15, 0.2) is 0 Å². The average Bonchev–Trinajstić information content (AvgIpc) is 2.53. The first-order valence-corrected chi connectivity index (χ1v) is 5.26. The number of rotatable bonds is 1. The minimum absolute atomic E-state index is 0.0619. The van der Waals surface area contributed by atoms with Crippen molar-refractivity contribution in [2.45, 2.75) is 38.2 Å². The zero-order valence-electron chi connectivity index (χ0n) is 7.63. The summed E-state index contributed by atoms with van der Waals surface area (Å²) >= 11 is 0. The third-order valence-corrected chi connectivity index (χ3v) is 3.48. The second-order valence-corrected chi connectivity index (χ2v) is 4.29. The molecule has 2 N–H and O–H groups in total. The summed E-state index contributed by atoms with van der Waals surface area (Å²) in [5.74, 6) is 1.37. The van der Waals surface area contributed by atoms with E-state index in [2.05, 4.69) is 5.32 Å². The van der Waals surface area contributed by atoms with Crippen molar-refractivity contribution in [1.29, 1.82) is 0 Å². The van der Waals surface area contributed by atoms with Crippen LogP contribution in [0.2, 0.25) is 0 Å². The summed E-state index contributed by atoms with van der Waals surface area (Å²) in [5, 5.41) is 12.9. The third kappa shape index (κ3) is 1.64. The maximum Gasteiger partial charge on any atom is 0.0707 e. The van der Waals surface area contributed by atoms with Gasteiger partial charge < -0.3 is 10.4 Å². The standard InChI is InChI=1S/C10H19NO/c12-10-7-11-6-9(10)8-4-2-1-3-5-8/h8-12H,1-7H2. The van der Waals surface area contributed by atoms with E-state index in [-0.39, 0.29) is 6.10 Å². The summed E-state index contributed by atoms with van der Waals surface area (Å²) < 4.78 is 0. The molecule has 0 amide bonds. The van der Waals surface area contributed by atoms with E-state index in [9.17, 15) is 5.11 Å². The van der Waals surface area contributed by atoms with Crippen molar-refractivity contribution in [1.82, 2.24) is 5.32 Å². The van der Waals surface area contributed by atoms with Crippen molar-refractivity contribution in [2.24, 2.45) is 11.8 Å². The first-order valence-electron chi connectivity index (χ1n) is 5.26. The van der Waals surface area contributed by atoms with Gasteiger partial charge in [0.2, 0.25) is 0 Å². The zero-order valence-corrected chi connectivity index (χ0v) is 7.63. The number of aliphatic hydroxyl groups excluding tert-OH is 1. The van der Waals surface area contributed by atoms with E-state index in [4.69, 9.17) is 0 Å². The maximum atomic E-state index is 9.68. The first-order chi connectivity index (χ1) is 5.88. The van der Waals surface area contributed by atoms with E-state index in [0.717, 1.165) is 19.0 Å². The van der Waals surface area contributed by atoms with Crippen molar-refractivity contribution in [3.8, 4) is 0 Å². The zero-order chi connectivity index (χ0) is 8.39. The Morgan fingerprint density at radius 3 is 2.33 bits per heavy atom. The highest BCUT2D eigenvalue weighted by atomic mass is 16.3. The van der Waals surface area contributed by atoms with Crippen molar-refractivity contribution >= 4 is 0 Å². The molecular weight excluding hydrogens is 150 g/mol. The number of β-amino-alcohol motifs (C(OH)–C–C–N with tert-alkyl or cyclic N) is 1. The van der Waals surface area contributed by atoms with Gasteiger partial charge in [0, 0.05) is 19.0 Å². The largest absolute Gasteiger partial charge is 0.391 e. The van der Waals surface area contributed by atoms with E-state index in [1.54, 1.807) is 0 Å². The molecule has 0 aromatic heterocycles. The molecule has 1 saturated carbocycles. The Balaban J connectivity index is 1.89. The van der Waals surface area contributed by atoms with Crippen molar-refractivity contribution in [3.05, 3.63) is 0 Å². The van der Waals surface area contributed by atoms with E-state index in [1.165, 1.54) is 32.1 Å². The molecule has 1 heterocycles. The molecule has 2 unspecified atom stereocenters. The summed E-state index contributed by atoms with van der Waals surface area (Å²) in [6.07, 6.45) is 6.81. The molecule has 0 radical (unpaired) electrons. The third-order valence-electron chi connectivity index (χ3n) is 3.48. The van der Waals surface area contributed by atoms with Gasteiger partial charge in [0.1, 0.15) is 0 Å². The second-order valence-electron chi connectivity index (χ2n) is 4.29. The fourth-order valence-electron chi connectivity index (χ4n) is 2.73. The Labute approximate surface area is 74.4 Å². The van der Waals surface area contributed by atoms with Crippen LogP contribution in [0.25, 0.3) is 0 Å². The summed E-state index contributed by atoms with van der Waals surface area (Å²) in [5.41, 5.74) is 0. The van der Waals surface area contributed by atoms with Gasteiger partial charge in [-0.25, -0.2) is 0 Å². The molecule has 2 nitrogen and oxygen atoms in total. The molecular formula is C10H19NO. The van der Waals surface area contributed by atoms with Gasteiger partial charge in [0.25, 0.3) is 0 Å². The number of nitrogens with one attached hydrogen (secondary N) is 1. The Morgan fingerprint density at radius 1 is 1.00 bits per heavy atom. The molecule has 1 aliphatic heterocycles. The van der Waals surface area contributed by atoms with Crippen LogP contribution in [0.3, 0.4) is 0 Å². The highest BCUT2D eigenvalue weighted by molar-refractivity contribution is 4.86. The monoisotopic (exact) mass is 169 g/mol. The minimum Gasteiger partial charge on any atom is -0.391 e. The van der Waals surface area contributed by atoms with Gasteiger partial charge in [-0.2, -0.15) is 0 Å².